The van der Waals surface area contributed by atoms with Crippen molar-refractivity contribution >= 4 is 27.7 Å². The third-order valence-electron chi connectivity index (χ3n) is 2.37. The summed E-state index contributed by atoms with van der Waals surface area (Å²) in [6.45, 7) is 4.78. The summed E-state index contributed by atoms with van der Waals surface area (Å²) >= 11 is 5.58. The second-order valence-electron chi connectivity index (χ2n) is 3.51. The molecule has 0 amide bonds. The molecule has 1 saturated carbocycles. The van der Waals surface area contributed by atoms with E-state index < -0.39 is 0 Å². The second kappa shape index (κ2) is 7.13. The second-order valence-corrected chi connectivity index (χ2v) is 5.69. The minimum Gasteiger partial charge on any atom is -0.300 e. The molecule has 0 spiro atoms. The topological polar surface area (TPSA) is 3.24 Å². The quantitative estimate of drug-likeness (QED) is 0.491. The molecule has 13 heavy (non-hydrogen) atoms. The van der Waals surface area contributed by atoms with Gasteiger partial charge in [-0.15, -0.1) is 0 Å². The number of halogens is 1. The summed E-state index contributed by atoms with van der Waals surface area (Å²) in [4.78, 5) is 2.64. The number of nitrogens with zero attached hydrogens (tertiary/aromatic N) is 1. The highest BCUT2D eigenvalue weighted by molar-refractivity contribution is 9.09. The van der Waals surface area contributed by atoms with Gasteiger partial charge in [0.05, 0.1) is 0 Å². The first-order valence-corrected chi connectivity index (χ1v) is 7.54. The summed E-state index contributed by atoms with van der Waals surface area (Å²) < 4.78 is 0. The van der Waals surface area contributed by atoms with Gasteiger partial charge in [0, 0.05) is 17.9 Å². The lowest BCUT2D eigenvalue weighted by molar-refractivity contribution is 0.282. The zero-order chi connectivity index (χ0) is 9.52. The van der Waals surface area contributed by atoms with Gasteiger partial charge in [-0.25, -0.2) is 0 Å². The zero-order valence-electron chi connectivity index (χ0n) is 8.47. The van der Waals surface area contributed by atoms with Crippen LogP contribution in [0.25, 0.3) is 0 Å². The maximum Gasteiger partial charge on any atom is 0.0159 e. The molecule has 0 N–H and O–H groups in total. The summed E-state index contributed by atoms with van der Waals surface area (Å²) in [6.07, 6.45) is 4.24. The van der Waals surface area contributed by atoms with Gasteiger partial charge in [-0.05, 0) is 37.3 Å². The first-order chi connectivity index (χ1) is 6.38. The van der Waals surface area contributed by atoms with E-state index in [9.17, 15) is 0 Å². The van der Waals surface area contributed by atoms with Crippen molar-refractivity contribution in [3.63, 3.8) is 0 Å². The number of rotatable bonds is 8. The molecule has 0 bridgehead atoms. The van der Waals surface area contributed by atoms with Crippen LogP contribution in [0.4, 0.5) is 0 Å². The van der Waals surface area contributed by atoms with Crippen molar-refractivity contribution < 1.29 is 0 Å². The van der Waals surface area contributed by atoms with E-state index in [4.69, 9.17) is 0 Å². The molecule has 78 valence electrons. The SMILES string of the molecule is CCSCCCN(CCBr)C1CC1. The van der Waals surface area contributed by atoms with Crippen LogP contribution < -0.4 is 0 Å². The molecule has 0 aliphatic heterocycles. The van der Waals surface area contributed by atoms with Crippen LogP contribution in [0.3, 0.4) is 0 Å². The molecular weight excluding hydrogens is 246 g/mol. The van der Waals surface area contributed by atoms with Gasteiger partial charge >= 0.3 is 0 Å². The highest BCUT2D eigenvalue weighted by Gasteiger charge is 2.27. The van der Waals surface area contributed by atoms with Crippen molar-refractivity contribution in [2.24, 2.45) is 0 Å². The van der Waals surface area contributed by atoms with Crippen molar-refractivity contribution in [3.8, 4) is 0 Å². The summed E-state index contributed by atoms with van der Waals surface area (Å²) in [5.74, 6) is 2.60. The third kappa shape index (κ3) is 5.28. The summed E-state index contributed by atoms with van der Waals surface area (Å²) in [7, 11) is 0. The lowest BCUT2D eigenvalue weighted by atomic mass is 10.4. The smallest absolute Gasteiger partial charge is 0.0159 e. The van der Waals surface area contributed by atoms with Crippen LogP contribution in [0.5, 0.6) is 0 Å². The number of hydrogen-bond acceptors (Lipinski definition) is 2. The van der Waals surface area contributed by atoms with Crippen LogP contribution in [0.1, 0.15) is 26.2 Å². The first-order valence-electron chi connectivity index (χ1n) is 5.26. The van der Waals surface area contributed by atoms with Crippen LogP contribution in [0, 0.1) is 0 Å². The lowest BCUT2D eigenvalue weighted by Crippen LogP contribution is -2.29. The lowest BCUT2D eigenvalue weighted by Gasteiger charge is -2.20. The van der Waals surface area contributed by atoms with Crippen LogP contribution in [0.2, 0.25) is 0 Å². The highest BCUT2D eigenvalue weighted by Crippen LogP contribution is 2.26. The van der Waals surface area contributed by atoms with E-state index in [1.165, 1.54) is 43.9 Å². The minimum atomic E-state index is 0.934. The largest absolute Gasteiger partial charge is 0.300 e. The maximum atomic E-state index is 3.52. The molecule has 0 unspecified atom stereocenters. The predicted octanol–water partition coefficient (Wildman–Crippen LogP) is 2.99. The van der Waals surface area contributed by atoms with Gasteiger partial charge in [0.25, 0.3) is 0 Å². The molecule has 0 heterocycles. The zero-order valence-corrected chi connectivity index (χ0v) is 10.9. The Morgan fingerprint density at radius 2 is 2.15 bits per heavy atom. The van der Waals surface area contributed by atoms with Gasteiger partial charge in [0.1, 0.15) is 0 Å². The van der Waals surface area contributed by atoms with E-state index >= 15 is 0 Å². The molecule has 3 heteroatoms. The fraction of sp³-hybridized carbons (Fsp3) is 1.00. The van der Waals surface area contributed by atoms with Gasteiger partial charge in [0.2, 0.25) is 0 Å². The Hall–Kier alpha value is 0.790. The molecule has 1 fully saturated rings. The van der Waals surface area contributed by atoms with E-state index in [-0.39, 0.29) is 0 Å². The highest BCUT2D eigenvalue weighted by atomic mass is 79.9. The van der Waals surface area contributed by atoms with Crippen LogP contribution in [-0.4, -0.2) is 40.9 Å². The number of thioether (sulfide) groups is 1. The van der Waals surface area contributed by atoms with Crippen LogP contribution in [0.15, 0.2) is 0 Å². The monoisotopic (exact) mass is 265 g/mol. The summed E-state index contributed by atoms with van der Waals surface area (Å²) in [6, 6.07) is 0.934. The average Bonchev–Trinajstić information content (AvgIpc) is 2.93. The number of hydrogen-bond donors (Lipinski definition) is 0. The Labute approximate surface area is 94.8 Å². The van der Waals surface area contributed by atoms with Crippen molar-refractivity contribution in [1.29, 1.82) is 0 Å². The molecule has 0 aromatic rings. The first kappa shape index (κ1) is 11.9. The van der Waals surface area contributed by atoms with E-state index in [0.717, 1.165) is 11.4 Å². The summed E-state index contributed by atoms with van der Waals surface area (Å²) in [5, 5.41) is 1.13. The van der Waals surface area contributed by atoms with E-state index in [1.54, 1.807) is 0 Å². The molecular formula is C10H20BrNS. The van der Waals surface area contributed by atoms with Crippen molar-refractivity contribution in [2.75, 3.05) is 29.9 Å². The molecule has 0 atom stereocenters. The Morgan fingerprint density at radius 1 is 1.38 bits per heavy atom. The molecule has 0 radical (unpaired) electrons. The average molecular weight is 266 g/mol. The molecule has 1 aliphatic carbocycles. The summed E-state index contributed by atoms with van der Waals surface area (Å²) in [5.41, 5.74) is 0. The van der Waals surface area contributed by atoms with Crippen molar-refractivity contribution in [3.05, 3.63) is 0 Å². The Morgan fingerprint density at radius 3 is 2.69 bits per heavy atom. The van der Waals surface area contributed by atoms with Gasteiger partial charge in [-0.3, -0.25) is 4.90 Å². The number of alkyl halides is 1. The third-order valence-corrected chi connectivity index (χ3v) is 3.71. The fourth-order valence-corrected chi connectivity index (χ4v) is 2.62. The van der Waals surface area contributed by atoms with E-state index in [1.807, 2.05) is 0 Å². The van der Waals surface area contributed by atoms with E-state index in [2.05, 4.69) is 39.5 Å². The van der Waals surface area contributed by atoms with Gasteiger partial charge in [-0.1, -0.05) is 22.9 Å². The normalized spacial score (nSPS) is 16.8. The van der Waals surface area contributed by atoms with Gasteiger partial charge in [-0.2, -0.15) is 11.8 Å². The van der Waals surface area contributed by atoms with Gasteiger partial charge < -0.3 is 0 Å². The standard InChI is InChI=1S/C10H20BrNS/c1-2-13-9-3-7-12(8-6-11)10-4-5-10/h10H,2-9H2,1H3. The van der Waals surface area contributed by atoms with Crippen molar-refractivity contribution in [2.45, 2.75) is 32.2 Å². The maximum absolute atomic E-state index is 3.52. The van der Waals surface area contributed by atoms with Crippen LogP contribution >= 0.6 is 27.7 Å². The minimum absolute atomic E-state index is 0.934. The Bertz CT molecular complexity index is 128. The molecule has 0 aromatic heterocycles. The van der Waals surface area contributed by atoms with Gasteiger partial charge in [0.15, 0.2) is 0 Å². The fourth-order valence-electron chi connectivity index (χ4n) is 1.54. The molecule has 1 aliphatic rings. The Balaban J connectivity index is 2.00. The molecule has 1 rings (SSSR count). The Kier molecular flexibility index (Phi) is 6.51. The molecule has 0 aromatic carbocycles. The van der Waals surface area contributed by atoms with E-state index in [0.29, 0.717) is 0 Å². The molecule has 0 saturated heterocycles. The van der Waals surface area contributed by atoms with Crippen molar-refractivity contribution in [1.82, 2.24) is 4.90 Å². The van der Waals surface area contributed by atoms with Crippen LogP contribution in [-0.2, 0) is 0 Å². The molecule has 1 nitrogen and oxygen atoms in total. The predicted molar refractivity (Wildman–Crippen MR) is 66.0 cm³/mol.